The molecule has 0 aromatic carbocycles. The van der Waals surface area contributed by atoms with Gasteiger partial charge in [-0.3, -0.25) is 14.5 Å². The third-order valence-electron chi connectivity index (χ3n) is 3.38. The highest BCUT2D eigenvalue weighted by Crippen LogP contribution is 2.30. The summed E-state index contributed by atoms with van der Waals surface area (Å²) in [7, 11) is 0. The number of hydrogen-bond donors (Lipinski definition) is 1. The van der Waals surface area contributed by atoms with Gasteiger partial charge in [-0.2, -0.15) is 0 Å². The first kappa shape index (κ1) is 13.7. The van der Waals surface area contributed by atoms with Crippen molar-refractivity contribution in [2.75, 3.05) is 19.6 Å². The molecule has 18 heavy (non-hydrogen) atoms. The maximum absolute atomic E-state index is 12.1. The van der Waals surface area contributed by atoms with Gasteiger partial charge in [0, 0.05) is 11.0 Å². The molecule has 2 N–H and O–H groups in total. The van der Waals surface area contributed by atoms with Crippen LogP contribution in [0.2, 0.25) is 0 Å². The largest absolute Gasteiger partial charge is 0.369 e. The Morgan fingerprint density at radius 3 is 2.83 bits per heavy atom. The van der Waals surface area contributed by atoms with Gasteiger partial charge in [0.1, 0.15) is 0 Å². The van der Waals surface area contributed by atoms with Crippen LogP contribution < -0.4 is 5.73 Å². The fourth-order valence-corrected chi connectivity index (χ4v) is 3.69. The normalized spacial score (nSPS) is 24.3. The number of amides is 1. The highest BCUT2D eigenvalue weighted by Gasteiger charge is 2.39. The van der Waals surface area contributed by atoms with Gasteiger partial charge < -0.3 is 5.73 Å². The van der Waals surface area contributed by atoms with Crippen LogP contribution in [0.3, 0.4) is 0 Å². The Hall–Kier alpha value is -0.720. The van der Waals surface area contributed by atoms with Gasteiger partial charge in [-0.15, -0.1) is 11.3 Å². The molecule has 4 nitrogen and oxygen atoms in total. The minimum Gasteiger partial charge on any atom is -0.369 e. The van der Waals surface area contributed by atoms with Gasteiger partial charge in [-0.25, -0.2) is 0 Å². The topological polar surface area (TPSA) is 63.4 Å². The summed E-state index contributed by atoms with van der Waals surface area (Å²) in [5, 5.41) is 1.88. The lowest BCUT2D eigenvalue weighted by Gasteiger charge is -2.20. The molecule has 1 amide bonds. The molecular formula is C12H15BrN2O2S. The minimum atomic E-state index is -0.493. The van der Waals surface area contributed by atoms with Crippen LogP contribution in [0.5, 0.6) is 0 Å². The predicted octanol–water partition coefficient (Wildman–Crippen LogP) is 1.89. The third kappa shape index (κ3) is 2.65. The van der Waals surface area contributed by atoms with Gasteiger partial charge >= 0.3 is 0 Å². The molecule has 0 spiro atoms. The second-order valence-electron chi connectivity index (χ2n) is 4.91. The van der Waals surface area contributed by atoms with Crippen molar-refractivity contribution in [1.82, 2.24) is 4.90 Å². The highest BCUT2D eigenvalue weighted by molar-refractivity contribution is 9.10. The number of rotatable bonds is 4. The summed E-state index contributed by atoms with van der Waals surface area (Å²) >= 11 is 4.79. The molecule has 1 atom stereocenters. The van der Waals surface area contributed by atoms with Gasteiger partial charge in [0.2, 0.25) is 5.91 Å². The number of Topliss-reactive ketones (excluding diaryl/α,β-unsaturated/α-hetero) is 1. The first-order valence-electron chi connectivity index (χ1n) is 5.71. The second-order valence-corrected chi connectivity index (χ2v) is 6.68. The van der Waals surface area contributed by atoms with E-state index in [4.69, 9.17) is 5.73 Å². The van der Waals surface area contributed by atoms with E-state index >= 15 is 0 Å². The Bertz CT molecular complexity index is 488. The van der Waals surface area contributed by atoms with Crippen LogP contribution in [-0.2, 0) is 4.79 Å². The predicted molar refractivity (Wildman–Crippen MR) is 74.7 cm³/mol. The lowest BCUT2D eigenvalue weighted by molar-refractivity contribution is -0.126. The number of likely N-dealkylation sites (tertiary alicyclic amines) is 1. The van der Waals surface area contributed by atoms with E-state index in [-0.39, 0.29) is 11.7 Å². The molecule has 0 aliphatic carbocycles. The number of carbonyl (C=O) groups is 2. The molecule has 1 unspecified atom stereocenters. The van der Waals surface area contributed by atoms with Crippen LogP contribution in [0.4, 0.5) is 0 Å². The number of halogens is 1. The number of primary amides is 1. The van der Waals surface area contributed by atoms with Crippen LogP contribution in [0.1, 0.15) is 23.0 Å². The Labute approximate surface area is 118 Å². The van der Waals surface area contributed by atoms with Crippen molar-refractivity contribution < 1.29 is 9.59 Å². The van der Waals surface area contributed by atoms with E-state index in [0.717, 1.165) is 22.3 Å². The number of carbonyl (C=O) groups excluding carboxylic acids is 2. The smallest absolute Gasteiger partial charge is 0.224 e. The SMILES string of the molecule is CC1(C(N)=O)CCN(CC(=O)c2sccc2Br)C1. The highest BCUT2D eigenvalue weighted by atomic mass is 79.9. The molecule has 6 heteroatoms. The maximum Gasteiger partial charge on any atom is 0.224 e. The Kier molecular flexibility index (Phi) is 3.89. The van der Waals surface area contributed by atoms with Crippen molar-refractivity contribution in [2.24, 2.45) is 11.1 Å². The zero-order valence-corrected chi connectivity index (χ0v) is 12.5. The summed E-state index contributed by atoms with van der Waals surface area (Å²) in [6.45, 7) is 3.52. The summed E-state index contributed by atoms with van der Waals surface area (Å²) in [6, 6.07) is 1.87. The third-order valence-corrected chi connectivity index (χ3v) is 5.26. The van der Waals surface area contributed by atoms with Gasteiger partial charge in [0.05, 0.1) is 16.8 Å². The van der Waals surface area contributed by atoms with Gasteiger partial charge in [0.15, 0.2) is 5.78 Å². The minimum absolute atomic E-state index is 0.0885. The van der Waals surface area contributed by atoms with Crippen molar-refractivity contribution in [2.45, 2.75) is 13.3 Å². The first-order chi connectivity index (χ1) is 8.42. The Morgan fingerprint density at radius 2 is 2.33 bits per heavy atom. The van der Waals surface area contributed by atoms with Gasteiger partial charge in [0.25, 0.3) is 0 Å². The maximum atomic E-state index is 12.1. The van der Waals surface area contributed by atoms with E-state index in [9.17, 15) is 9.59 Å². The van der Waals surface area contributed by atoms with Gasteiger partial charge in [-0.1, -0.05) is 0 Å². The standard InChI is InChI=1S/C12H15BrN2O2S/c1-12(11(14)17)3-4-15(7-12)6-9(16)10-8(13)2-5-18-10/h2,5H,3-4,6-7H2,1H3,(H2,14,17). The number of hydrogen-bond acceptors (Lipinski definition) is 4. The van der Waals surface area contributed by atoms with E-state index in [2.05, 4.69) is 15.9 Å². The van der Waals surface area contributed by atoms with E-state index in [1.54, 1.807) is 0 Å². The summed E-state index contributed by atoms with van der Waals surface area (Å²) in [6.07, 6.45) is 0.723. The summed E-state index contributed by atoms with van der Waals surface area (Å²) in [4.78, 5) is 26.2. The van der Waals surface area contributed by atoms with Crippen LogP contribution in [0.25, 0.3) is 0 Å². The average molecular weight is 331 g/mol. The molecule has 2 heterocycles. The number of ketones is 1. The molecule has 2 rings (SSSR count). The molecule has 1 aromatic heterocycles. The van der Waals surface area contributed by atoms with E-state index in [1.807, 2.05) is 23.3 Å². The molecular weight excluding hydrogens is 316 g/mol. The summed E-state index contributed by atoms with van der Waals surface area (Å²) < 4.78 is 0.842. The van der Waals surface area contributed by atoms with Crippen LogP contribution in [0, 0.1) is 5.41 Å². The number of nitrogens with two attached hydrogens (primary N) is 1. The van der Waals surface area contributed by atoms with E-state index in [0.29, 0.717) is 13.1 Å². The summed E-state index contributed by atoms with van der Waals surface area (Å²) in [5.41, 5.74) is 4.89. The molecule has 0 saturated carbocycles. The lowest BCUT2D eigenvalue weighted by atomic mass is 9.89. The second kappa shape index (κ2) is 5.11. The van der Waals surface area contributed by atoms with Crippen molar-refractivity contribution in [1.29, 1.82) is 0 Å². The first-order valence-corrected chi connectivity index (χ1v) is 7.38. The molecule has 1 aliphatic heterocycles. The molecule has 0 radical (unpaired) electrons. The lowest BCUT2D eigenvalue weighted by Crippen LogP contribution is -2.38. The fourth-order valence-electron chi connectivity index (χ4n) is 2.16. The molecule has 1 saturated heterocycles. The monoisotopic (exact) mass is 330 g/mol. The van der Waals surface area contributed by atoms with E-state index < -0.39 is 5.41 Å². The van der Waals surface area contributed by atoms with Crippen molar-refractivity contribution >= 4 is 39.0 Å². The molecule has 0 bridgehead atoms. The molecule has 1 aromatic rings. The van der Waals surface area contributed by atoms with Crippen molar-refractivity contribution in [3.8, 4) is 0 Å². The molecule has 98 valence electrons. The Balaban J connectivity index is 1.99. The molecule has 1 aliphatic rings. The zero-order valence-electron chi connectivity index (χ0n) is 10.1. The van der Waals surface area contributed by atoms with Crippen molar-refractivity contribution in [3.63, 3.8) is 0 Å². The van der Waals surface area contributed by atoms with E-state index in [1.165, 1.54) is 11.3 Å². The van der Waals surface area contributed by atoms with Crippen LogP contribution >= 0.6 is 27.3 Å². The average Bonchev–Trinajstić information content (AvgIpc) is 2.86. The van der Waals surface area contributed by atoms with Crippen LogP contribution in [0.15, 0.2) is 15.9 Å². The quantitative estimate of drug-likeness (QED) is 0.857. The van der Waals surface area contributed by atoms with Crippen molar-refractivity contribution in [3.05, 3.63) is 20.8 Å². The molecule has 1 fully saturated rings. The number of thiophene rings is 1. The van der Waals surface area contributed by atoms with Gasteiger partial charge in [-0.05, 0) is 47.3 Å². The van der Waals surface area contributed by atoms with Crippen LogP contribution in [-0.4, -0.2) is 36.2 Å². The summed E-state index contributed by atoms with van der Waals surface area (Å²) in [5.74, 6) is -0.194. The zero-order chi connectivity index (χ0) is 13.3. The Morgan fingerprint density at radius 1 is 1.61 bits per heavy atom. The number of nitrogens with zero attached hydrogens (tertiary/aromatic N) is 1. The fraction of sp³-hybridized carbons (Fsp3) is 0.500.